The Morgan fingerprint density at radius 1 is 1.06 bits per heavy atom. The summed E-state index contributed by atoms with van der Waals surface area (Å²) in [5.74, 6) is 0. The van der Waals surface area contributed by atoms with Gasteiger partial charge in [-0.1, -0.05) is 6.07 Å². The Morgan fingerprint density at radius 2 is 1.94 bits per heavy atom. The number of rotatable bonds is 0. The minimum atomic E-state index is 1.000. The van der Waals surface area contributed by atoms with E-state index in [0.29, 0.717) is 0 Å². The molecule has 0 fully saturated rings. The largest absolute Gasteiger partial charge is 0.256 e. The predicted molar refractivity (Wildman–Crippen MR) is 82.5 cm³/mol. The van der Waals surface area contributed by atoms with Crippen LogP contribution < -0.4 is 0 Å². The second kappa shape index (κ2) is 4.06. The molecule has 0 amide bonds. The lowest BCUT2D eigenvalue weighted by Gasteiger charge is -2.04. The Labute approximate surface area is 120 Å². The van der Waals surface area contributed by atoms with E-state index < -0.39 is 0 Å². The van der Waals surface area contributed by atoms with Crippen molar-refractivity contribution in [2.24, 2.45) is 0 Å². The zero-order valence-electron chi connectivity index (χ0n) is 8.11. The van der Waals surface area contributed by atoms with Crippen LogP contribution in [0.3, 0.4) is 0 Å². The maximum atomic E-state index is 4.64. The number of halogens is 2. The van der Waals surface area contributed by atoms with Gasteiger partial charge in [0.25, 0.3) is 0 Å². The minimum Gasteiger partial charge on any atom is -0.256 e. The summed E-state index contributed by atoms with van der Waals surface area (Å²) in [6.07, 6.45) is 1.81. The van der Waals surface area contributed by atoms with E-state index in [2.05, 4.69) is 73.3 Å². The molecule has 3 rings (SSSR count). The fraction of sp³-hybridized carbons (Fsp3) is 0. The van der Waals surface area contributed by atoms with Crippen LogP contribution in [0, 0.1) is 7.27 Å². The number of hydrogen-bond acceptors (Lipinski definition) is 2. The first-order valence-electron chi connectivity index (χ1n) is 4.75. The van der Waals surface area contributed by atoms with Crippen molar-refractivity contribution in [2.45, 2.75) is 0 Å². The summed E-state index contributed by atoms with van der Waals surface area (Å²) < 4.78 is 2.23. The molecule has 0 saturated carbocycles. The molecule has 16 heavy (non-hydrogen) atoms. The normalized spacial score (nSPS) is 11.1. The first kappa shape index (κ1) is 10.6. The van der Waals surface area contributed by atoms with Gasteiger partial charge < -0.3 is 0 Å². The zero-order valence-corrected chi connectivity index (χ0v) is 12.4. The topological polar surface area (TPSA) is 25.8 Å². The zero-order chi connectivity index (χ0) is 11.1. The molecule has 0 saturated heterocycles. The third-order valence-corrected chi connectivity index (χ3v) is 5.15. The van der Waals surface area contributed by atoms with E-state index in [9.17, 15) is 0 Å². The molecule has 3 aromatic rings. The molecule has 0 aliphatic carbocycles. The molecule has 0 aliphatic heterocycles. The molecular formula is C12H6I2N2. The molecule has 0 atom stereocenters. The van der Waals surface area contributed by atoms with Crippen LogP contribution in [0.1, 0.15) is 0 Å². The van der Waals surface area contributed by atoms with Crippen molar-refractivity contribution in [1.82, 2.24) is 9.97 Å². The summed E-state index contributed by atoms with van der Waals surface area (Å²) in [6, 6.07) is 10.3. The third kappa shape index (κ3) is 1.67. The predicted octanol–water partition coefficient (Wildman–Crippen LogP) is 3.99. The first-order chi connectivity index (χ1) is 7.75. The van der Waals surface area contributed by atoms with Crippen molar-refractivity contribution in [2.75, 3.05) is 0 Å². The quantitative estimate of drug-likeness (QED) is 0.305. The summed E-state index contributed by atoms with van der Waals surface area (Å²) in [6.45, 7) is 0. The van der Waals surface area contributed by atoms with Crippen molar-refractivity contribution >= 4 is 67.0 Å². The Kier molecular flexibility index (Phi) is 2.70. The molecule has 4 heteroatoms. The second-order valence-corrected chi connectivity index (χ2v) is 5.65. The van der Waals surface area contributed by atoms with Gasteiger partial charge in [-0.2, -0.15) is 0 Å². The van der Waals surface area contributed by atoms with Crippen LogP contribution in [-0.2, 0) is 0 Å². The monoisotopic (exact) mass is 432 g/mol. The van der Waals surface area contributed by atoms with E-state index >= 15 is 0 Å². The van der Waals surface area contributed by atoms with Crippen LogP contribution >= 0.6 is 45.2 Å². The lowest BCUT2D eigenvalue weighted by molar-refractivity contribution is 1.32. The molecule has 1 aromatic carbocycles. The molecule has 0 radical (unpaired) electrons. The second-order valence-electron chi connectivity index (χ2n) is 3.47. The van der Waals surface area contributed by atoms with Crippen LogP contribution in [0.2, 0.25) is 0 Å². The highest BCUT2D eigenvalue weighted by Crippen LogP contribution is 2.25. The number of benzene rings is 1. The Hall–Kier alpha value is -0.500. The van der Waals surface area contributed by atoms with Crippen molar-refractivity contribution in [1.29, 1.82) is 0 Å². The molecule has 0 aliphatic rings. The number of fused-ring (bicyclic) bond motifs is 3. The molecule has 0 spiro atoms. The molecular weight excluding hydrogens is 426 g/mol. The summed E-state index contributed by atoms with van der Waals surface area (Å²) in [4.78, 5) is 8.98. The minimum absolute atomic E-state index is 1.000. The third-order valence-electron chi connectivity index (χ3n) is 2.48. The van der Waals surface area contributed by atoms with E-state index in [4.69, 9.17) is 0 Å². The number of aromatic nitrogens is 2. The van der Waals surface area contributed by atoms with Gasteiger partial charge in [0.05, 0.1) is 11.0 Å². The van der Waals surface area contributed by atoms with Gasteiger partial charge in [-0.3, -0.25) is 4.98 Å². The number of nitrogens with zero attached hydrogens (tertiary/aromatic N) is 2. The van der Waals surface area contributed by atoms with Crippen LogP contribution in [-0.4, -0.2) is 9.97 Å². The lowest BCUT2D eigenvalue weighted by atomic mass is 10.1. The van der Waals surface area contributed by atoms with E-state index in [1.165, 1.54) is 8.96 Å². The average molecular weight is 432 g/mol. The standard InChI is InChI=1S/C12H6I2N2/c13-9-6-7-3-4-10-8(2-1-5-15-10)11(7)16-12(9)14/h1-6H. The Bertz CT molecular complexity index is 695. The molecule has 0 N–H and O–H groups in total. The maximum Gasteiger partial charge on any atom is 0.115 e. The fourth-order valence-corrected chi connectivity index (χ4v) is 2.60. The van der Waals surface area contributed by atoms with E-state index in [1.807, 2.05) is 18.3 Å². The maximum absolute atomic E-state index is 4.64. The van der Waals surface area contributed by atoms with Crippen molar-refractivity contribution < 1.29 is 0 Å². The highest BCUT2D eigenvalue weighted by Gasteiger charge is 2.05. The van der Waals surface area contributed by atoms with Crippen LogP contribution in [0.25, 0.3) is 21.8 Å². The Balaban J connectivity index is 2.55. The fourth-order valence-electron chi connectivity index (χ4n) is 1.74. The van der Waals surface area contributed by atoms with Crippen molar-refractivity contribution in [3.05, 3.63) is 43.8 Å². The average Bonchev–Trinajstić information content (AvgIpc) is 2.31. The molecule has 0 unspecified atom stereocenters. The summed E-state index contributed by atoms with van der Waals surface area (Å²) in [5.41, 5.74) is 2.04. The van der Waals surface area contributed by atoms with Crippen LogP contribution in [0.15, 0.2) is 36.5 Å². The van der Waals surface area contributed by atoms with Crippen LogP contribution in [0.4, 0.5) is 0 Å². The van der Waals surface area contributed by atoms with Gasteiger partial charge in [-0.15, -0.1) is 0 Å². The molecule has 2 nitrogen and oxygen atoms in total. The van der Waals surface area contributed by atoms with Gasteiger partial charge >= 0.3 is 0 Å². The van der Waals surface area contributed by atoms with Gasteiger partial charge in [-0.05, 0) is 69.4 Å². The van der Waals surface area contributed by atoms with Gasteiger partial charge in [-0.25, -0.2) is 4.98 Å². The molecule has 78 valence electrons. The van der Waals surface area contributed by atoms with Crippen molar-refractivity contribution in [3.8, 4) is 0 Å². The molecule has 2 heterocycles. The highest BCUT2D eigenvalue weighted by atomic mass is 127. The van der Waals surface area contributed by atoms with Gasteiger partial charge in [0.15, 0.2) is 0 Å². The summed E-state index contributed by atoms with van der Waals surface area (Å²) >= 11 is 4.58. The molecule has 2 aromatic heterocycles. The smallest absolute Gasteiger partial charge is 0.115 e. The van der Waals surface area contributed by atoms with Gasteiger partial charge in [0.2, 0.25) is 0 Å². The van der Waals surface area contributed by atoms with E-state index in [-0.39, 0.29) is 0 Å². The first-order valence-corrected chi connectivity index (χ1v) is 6.91. The summed E-state index contributed by atoms with van der Waals surface area (Å²) in [5, 5.41) is 2.29. The van der Waals surface area contributed by atoms with Crippen molar-refractivity contribution in [3.63, 3.8) is 0 Å². The highest BCUT2D eigenvalue weighted by molar-refractivity contribution is 14.1. The number of hydrogen-bond donors (Lipinski definition) is 0. The van der Waals surface area contributed by atoms with Gasteiger partial charge in [0, 0.05) is 20.5 Å². The van der Waals surface area contributed by atoms with E-state index in [1.54, 1.807) is 0 Å². The van der Waals surface area contributed by atoms with Crippen LogP contribution in [0.5, 0.6) is 0 Å². The van der Waals surface area contributed by atoms with E-state index in [0.717, 1.165) is 20.1 Å². The van der Waals surface area contributed by atoms with Gasteiger partial charge in [0.1, 0.15) is 3.70 Å². The Morgan fingerprint density at radius 3 is 2.81 bits per heavy atom. The summed E-state index contributed by atoms with van der Waals surface area (Å²) in [7, 11) is 0. The number of pyridine rings is 2. The SMILES string of the molecule is Ic1cc2ccc3ncccc3c2nc1I. The molecule has 0 bridgehead atoms. The lowest BCUT2D eigenvalue weighted by Crippen LogP contribution is -1.89.